The minimum atomic E-state index is -1.08. The Morgan fingerprint density at radius 3 is 2.40 bits per heavy atom. The van der Waals surface area contributed by atoms with E-state index < -0.39 is 23.5 Å². The molecule has 0 saturated heterocycles. The zero-order chi connectivity index (χ0) is 15.3. The van der Waals surface area contributed by atoms with Gasteiger partial charge in [-0.05, 0) is 32.0 Å². The number of hydrogen-bond acceptors (Lipinski definition) is 3. The summed E-state index contributed by atoms with van der Waals surface area (Å²) in [4.78, 5) is 24.8. The molecule has 0 aliphatic rings. The maximum absolute atomic E-state index is 13.2. The summed E-state index contributed by atoms with van der Waals surface area (Å²) < 4.78 is 30.5. The van der Waals surface area contributed by atoms with Crippen LogP contribution in [0.2, 0.25) is 0 Å². The van der Waals surface area contributed by atoms with Crippen molar-refractivity contribution < 1.29 is 23.1 Å². The lowest BCUT2D eigenvalue weighted by Crippen LogP contribution is -2.38. The molecule has 0 heterocycles. The molecule has 0 bridgehead atoms. The van der Waals surface area contributed by atoms with Gasteiger partial charge in [0.25, 0.3) is 5.91 Å². The van der Waals surface area contributed by atoms with Crippen molar-refractivity contribution in [3.8, 4) is 0 Å². The SMILES string of the molecule is COC(=O)CCN(C(=O)c1ccc(F)c(F)c1)C(C)C. The van der Waals surface area contributed by atoms with E-state index in [1.54, 1.807) is 13.8 Å². The molecule has 0 fully saturated rings. The number of benzene rings is 1. The standard InChI is InChI=1S/C14H17F2NO3/c1-9(2)17(7-6-13(18)20-3)14(19)10-4-5-11(15)12(16)8-10/h4-5,8-9H,6-7H2,1-3H3. The second-order valence-corrected chi connectivity index (χ2v) is 4.55. The smallest absolute Gasteiger partial charge is 0.307 e. The van der Waals surface area contributed by atoms with Gasteiger partial charge in [0.1, 0.15) is 0 Å². The van der Waals surface area contributed by atoms with Crippen molar-refractivity contribution >= 4 is 11.9 Å². The second-order valence-electron chi connectivity index (χ2n) is 4.55. The van der Waals surface area contributed by atoms with Gasteiger partial charge in [-0.3, -0.25) is 9.59 Å². The highest BCUT2D eigenvalue weighted by Crippen LogP contribution is 2.13. The van der Waals surface area contributed by atoms with E-state index in [-0.39, 0.29) is 24.6 Å². The number of hydrogen-bond donors (Lipinski definition) is 0. The van der Waals surface area contributed by atoms with Crippen molar-refractivity contribution in [3.63, 3.8) is 0 Å². The molecule has 0 aliphatic heterocycles. The number of carbonyl (C=O) groups is 2. The van der Waals surface area contributed by atoms with Gasteiger partial charge in [0, 0.05) is 18.2 Å². The van der Waals surface area contributed by atoms with Gasteiger partial charge in [-0.15, -0.1) is 0 Å². The number of esters is 1. The predicted octanol–water partition coefficient (Wildman–Crippen LogP) is 2.38. The molecule has 1 amide bonds. The van der Waals surface area contributed by atoms with E-state index in [4.69, 9.17) is 0 Å². The van der Waals surface area contributed by atoms with Gasteiger partial charge in [-0.1, -0.05) is 0 Å². The zero-order valence-corrected chi connectivity index (χ0v) is 11.7. The van der Waals surface area contributed by atoms with Crippen LogP contribution >= 0.6 is 0 Å². The molecular weight excluding hydrogens is 268 g/mol. The van der Waals surface area contributed by atoms with E-state index in [1.165, 1.54) is 18.1 Å². The van der Waals surface area contributed by atoms with Gasteiger partial charge in [0.2, 0.25) is 0 Å². The average molecular weight is 285 g/mol. The number of ether oxygens (including phenoxy) is 1. The first-order chi connectivity index (χ1) is 9.36. The molecule has 0 aliphatic carbocycles. The van der Waals surface area contributed by atoms with Crippen LogP contribution in [0.4, 0.5) is 8.78 Å². The largest absolute Gasteiger partial charge is 0.469 e. The number of amides is 1. The summed E-state index contributed by atoms with van der Waals surface area (Å²) in [5.41, 5.74) is 0.0439. The lowest BCUT2D eigenvalue weighted by Gasteiger charge is -2.26. The number of halogens is 2. The molecule has 6 heteroatoms. The maximum atomic E-state index is 13.2. The first kappa shape index (κ1) is 16.1. The van der Waals surface area contributed by atoms with Crippen LogP contribution in [0.25, 0.3) is 0 Å². The Bertz CT molecular complexity index is 503. The molecule has 0 atom stereocenters. The lowest BCUT2D eigenvalue weighted by molar-refractivity contribution is -0.140. The Hall–Kier alpha value is -1.98. The number of rotatable bonds is 5. The van der Waals surface area contributed by atoms with Crippen LogP contribution < -0.4 is 0 Å². The van der Waals surface area contributed by atoms with Crippen LogP contribution in [0.15, 0.2) is 18.2 Å². The molecule has 110 valence electrons. The Labute approximate surface area is 116 Å². The van der Waals surface area contributed by atoms with Crippen LogP contribution in [0, 0.1) is 11.6 Å². The maximum Gasteiger partial charge on any atom is 0.307 e. The van der Waals surface area contributed by atoms with E-state index in [0.717, 1.165) is 12.1 Å². The summed E-state index contributed by atoms with van der Waals surface area (Å²) in [7, 11) is 1.26. The molecule has 0 saturated carbocycles. The van der Waals surface area contributed by atoms with Crippen LogP contribution in [0.3, 0.4) is 0 Å². The first-order valence-electron chi connectivity index (χ1n) is 6.19. The Morgan fingerprint density at radius 1 is 1.25 bits per heavy atom. The van der Waals surface area contributed by atoms with Gasteiger partial charge >= 0.3 is 5.97 Å². The fourth-order valence-corrected chi connectivity index (χ4v) is 1.70. The minimum Gasteiger partial charge on any atom is -0.469 e. The van der Waals surface area contributed by atoms with Gasteiger partial charge in [-0.2, -0.15) is 0 Å². The molecule has 1 aromatic carbocycles. The fraction of sp³-hybridized carbons (Fsp3) is 0.429. The molecule has 0 aromatic heterocycles. The van der Waals surface area contributed by atoms with Crippen LogP contribution in [-0.4, -0.2) is 36.5 Å². The van der Waals surface area contributed by atoms with Crippen molar-refractivity contribution in [1.82, 2.24) is 4.90 Å². The molecule has 0 spiro atoms. The van der Waals surface area contributed by atoms with Crippen molar-refractivity contribution in [3.05, 3.63) is 35.4 Å². The highest BCUT2D eigenvalue weighted by Gasteiger charge is 2.20. The lowest BCUT2D eigenvalue weighted by atomic mass is 10.1. The molecule has 20 heavy (non-hydrogen) atoms. The van der Waals surface area contributed by atoms with Gasteiger partial charge in [0.15, 0.2) is 11.6 Å². The summed E-state index contributed by atoms with van der Waals surface area (Å²) in [6.45, 7) is 3.70. The summed E-state index contributed by atoms with van der Waals surface area (Å²) in [6.07, 6.45) is 0.0457. The predicted molar refractivity (Wildman–Crippen MR) is 69.2 cm³/mol. The Morgan fingerprint density at radius 2 is 1.90 bits per heavy atom. The van der Waals surface area contributed by atoms with E-state index >= 15 is 0 Å². The minimum absolute atomic E-state index is 0.0439. The quantitative estimate of drug-likeness (QED) is 0.780. The Balaban J connectivity index is 2.88. The van der Waals surface area contributed by atoms with Gasteiger partial charge in [-0.25, -0.2) is 8.78 Å². The topological polar surface area (TPSA) is 46.6 Å². The van der Waals surface area contributed by atoms with Crippen LogP contribution in [0.1, 0.15) is 30.6 Å². The highest BCUT2D eigenvalue weighted by molar-refractivity contribution is 5.94. The van der Waals surface area contributed by atoms with E-state index in [2.05, 4.69) is 4.74 Å². The third-order valence-electron chi connectivity index (χ3n) is 2.84. The average Bonchev–Trinajstić information content (AvgIpc) is 2.41. The molecule has 1 aromatic rings. The molecule has 1 rings (SSSR count). The zero-order valence-electron chi connectivity index (χ0n) is 11.7. The molecule has 4 nitrogen and oxygen atoms in total. The monoisotopic (exact) mass is 285 g/mol. The highest BCUT2D eigenvalue weighted by atomic mass is 19.2. The van der Waals surface area contributed by atoms with Crippen molar-refractivity contribution in [2.45, 2.75) is 26.3 Å². The summed E-state index contributed by atoms with van der Waals surface area (Å²) in [6, 6.07) is 2.79. The van der Waals surface area contributed by atoms with E-state index in [0.29, 0.717) is 0 Å². The van der Waals surface area contributed by atoms with Crippen LogP contribution in [-0.2, 0) is 9.53 Å². The third kappa shape index (κ3) is 4.01. The molecule has 0 N–H and O–H groups in total. The van der Waals surface area contributed by atoms with Crippen molar-refractivity contribution in [2.24, 2.45) is 0 Å². The molecule has 0 unspecified atom stereocenters. The van der Waals surface area contributed by atoms with Crippen LogP contribution in [0.5, 0.6) is 0 Å². The summed E-state index contributed by atoms with van der Waals surface area (Å²) in [5, 5.41) is 0. The van der Waals surface area contributed by atoms with Gasteiger partial charge in [0.05, 0.1) is 13.5 Å². The van der Waals surface area contributed by atoms with Gasteiger partial charge < -0.3 is 9.64 Å². The number of nitrogens with zero attached hydrogens (tertiary/aromatic N) is 1. The fourth-order valence-electron chi connectivity index (χ4n) is 1.70. The number of carbonyl (C=O) groups excluding carboxylic acids is 2. The molecular formula is C14H17F2NO3. The first-order valence-corrected chi connectivity index (χ1v) is 6.19. The van der Waals surface area contributed by atoms with Crippen molar-refractivity contribution in [1.29, 1.82) is 0 Å². The third-order valence-corrected chi connectivity index (χ3v) is 2.84. The summed E-state index contributed by atoms with van der Waals surface area (Å²) >= 11 is 0. The Kier molecular flexibility index (Phi) is 5.61. The molecule has 0 radical (unpaired) electrons. The number of methoxy groups -OCH3 is 1. The second kappa shape index (κ2) is 6.98. The van der Waals surface area contributed by atoms with E-state index in [9.17, 15) is 18.4 Å². The normalized spacial score (nSPS) is 10.5. The summed E-state index contributed by atoms with van der Waals surface area (Å²) in [5.74, 6) is -2.98. The van der Waals surface area contributed by atoms with Crippen molar-refractivity contribution in [2.75, 3.05) is 13.7 Å². The van der Waals surface area contributed by atoms with E-state index in [1.807, 2.05) is 0 Å².